The number of fused-ring (bicyclic) bond motifs is 4. The van der Waals surface area contributed by atoms with Gasteiger partial charge in [0.05, 0.1) is 16.7 Å². The van der Waals surface area contributed by atoms with Crippen molar-refractivity contribution in [3.63, 3.8) is 0 Å². The van der Waals surface area contributed by atoms with E-state index in [-0.39, 0.29) is 0 Å². The van der Waals surface area contributed by atoms with Crippen molar-refractivity contribution in [1.82, 2.24) is 14.5 Å². The van der Waals surface area contributed by atoms with Crippen molar-refractivity contribution >= 4 is 33.1 Å². The van der Waals surface area contributed by atoms with E-state index < -0.39 is 0 Å². The van der Waals surface area contributed by atoms with Crippen LogP contribution in [0.4, 0.5) is 0 Å². The molecule has 0 unspecified atom stereocenters. The SMILES string of the molecule is Cc1ccc2c(n1)oc1cc(-c3nc4ccccc4n3-c3c(C(C)C)cccc3C(C)C)c(C)cc12. The lowest BCUT2D eigenvalue weighted by molar-refractivity contribution is 0.652. The fourth-order valence-corrected chi connectivity index (χ4v) is 5.35. The number of aromatic nitrogens is 3. The second-order valence-electron chi connectivity index (χ2n) is 10.4. The molecule has 0 saturated carbocycles. The summed E-state index contributed by atoms with van der Waals surface area (Å²) < 4.78 is 8.62. The number of imidazole rings is 1. The van der Waals surface area contributed by atoms with Crippen LogP contribution < -0.4 is 0 Å². The maximum atomic E-state index is 6.25. The van der Waals surface area contributed by atoms with E-state index in [4.69, 9.17) is 9.40 Å². The number of hydrogen-bond donors (Lipinski definition) is 0. The second kappa shape index (κ2) is 8.34. The summed E-state index contributed by atoms with van der Waals surface area (Å²) in [7, 11) is 0. The molecule has 0 amide bonds. The molecule has 0 aliphatic carbocycles. The van der Waals surface area contributed by atoms with Crippen molar-refractivity contribution in [2.45, 2.75) is 53.4 Å². The normalized spacial score (nSPS) is 12.1. The molecule has 6 rings (SSSR count). The Kier molecular flexibility index (Phi) is 5.22. The quantitative estimate of drug-likeness (QED) is 0.257. The first-order valence-corrected chi connectivity index (χ1v) is 12.7. The number of benzene rings is 3. The van der Waals surface area contributed by atoms with Gasteiger partial charge in [-0.1, -0.05) is 58.0 Å². The van der Waals surface area contributed by atoms with Crippen LogP contribution in [0.25, 0.3) is 50.2 Å². The van der Waals surface area contributed by atoms with Gasteiger partial charge in [-0.15, -0.1) is 0 Å². The summed E-state index contributed by atoms with van der Waals surface area (Å²) >= 11 is 0. The van der Waals surface area contributed by atoms with Gasteiger partial charge in [0, 0.05) is 22.0 Å². The highest BCUT2D eigenvalue weighted by molar-refractivity contribution is 6.05. The third kappa shape index (κ3) is 3.43. The first-order chi connectivity index (χ1) is 17.3. The minimum absolute atomic E-state index is 0.376. The van der Waals surface area contributed by atoms with E-state index >= 15 is 0 Å². The molecule has 0 radical (unpaired) electrons. The minimum atomic E-state index is 0.376. The number of nitrogens with zero attached hydrogens (tertiary/aromatic N) is 3. The van der Waals surface area contributed by atoms with Crippen molar-refractivity contribution in [3.05, 3.63) is 89.1 Å². The molecule has 0 aliphatic heterocycles. The van der Waals surface area contributed by atoms with Gasteiger partial charge in [-0.05, 0) is 78.8 Å². The van der Waals surface area contributed by atoms with E-state index in [0.717, 1.165) is 50.0 Å². The molecule has 0 spiro atoms. The zero-order chi connectivity index (χ0) is 25.1. The fourth-order valence-electron chi connectivity index (χ4n) is 5.35. The number of rotatable bonds is 4. The molecular weight excluding hydrogens is 442 g/mol. The van der Waals surface area contributed by atoms with Crippen LogP contribution in [0.3, 0.4) is 0 Å². The highest BCUT2D eigenvalue weighted by Crippen LogP contribution is 2.39. The number of furan rings is 1. The number of aryl methyl sites for hydroxylation is 2. The molecule has 180 valence electrons. The minimum Gasteiger partial charge on any atom is -0.438 e. The first kappa shape index (κ1) is 22.5. The highest BCUT2D eigenvalue weighted by atomic mass is 16.3. The van der Waals surface area contributed by atoms with Gasteiger partial charge in [0.1, 0.15) is 11.4 Å². The Hall–Kier alpha value is -3.92. The topological polar surface area (TPSA) is 43.9 Å². The molecule has 3 heterocycles. The molecule has 0 bridgehead atoms. The van der Waals surface area contributed by atoms with Crippen molar-refractivity contribution in [2.75, 3.05) is 0 Å². The van der Waals surface area contributed by atoms with Gasteiger partial charge in [-0.25, -0.2) is 9.97 Å². The first-order valence-electron chi connectivity index (χ1n) is 12.7. The summed E-state index contributed by atoms with van der Waals surface area (Å²) in [4.78, 5) is 9.82. The van der Waals surface area contributed by atoms with Gasteiger partial charge in [-0.3, -0.25) is 4.57 Å². The average molecular weight is 474 g/mol. The molecule has 4 heteroatoms. The Morgan fingerprint density at radius 3 is 2.19 bits per heavy atom. The standard InChI is InChI=1S/C32H31N3O/c1-18(2)22-10-9-11-23(19(3)4)30(22)35-28-13-8-7-12-27(28)34-31(35)25-17-29-26(16-20(25)5)24-15-14-21(6)33-32(24)36-29/h7-19H,1-6H3. The maximum Gasteiger partial charge on any atom is 0.227 e. The lowest BCUT2D eigenvalue weighted by Gasteiger charge is -2.23. The third-order valence-corrected chi connectivity index (χ3v) is 7.19. The molecule has 0 atom stereocenters. The summed E-state index contributed by atoms with van der Waals surface area (Å²) in [5.74, 6) is 1.69. The lowest BCUT2D eigenvalue weighted by Crippen LogP contribution is -2.08. The smallest absolute Gasteiger partial charge is 0.227 e. The summed E-state index contributed by atoms with van der Waals surface area (Å²) in [6.07, 6.45) is 0. The molecule has 36 heavy (non-hydrogen) atoms. The molecule has 0 saturated heterocycles. The van der Waals surface area contributed by atoms with Crippen LogP contribution in [0.5, 0.6) is 0 Å². The average Bonchev–Trinajstić information content (AvgIpc) is 3.40. The van der Waals surface area contributed by atoms with Crippen molar-refractivity contribution in [3.8, 4) is 17.1 Å². The highest BCUT2D eigenvalue weighted by Gasteiger charge is 2.23. The Bertz CT molecular complexity index is 1740. The number of pyridine rings is 1. The van der Waals surface area contributed by atoms with Gasteiger partial charge in [0.2, 0.25) is 5.71 Å². The molecule has 3 aromatic heterocycles. The predicted molar refractivity (Wildman–Crippen MR) is 149 cm³/mol. The van der Waals surface area contributed by atoms with Crippen LogP contribution in [0.15, 0.2) is 71.1 Å². The van der Waals surface area contributed by atoms with Crippen LogP contribution in [0, 0.1) is 13.8 Å². The van der Waals surface area contributed by atoms with E-state index in [2.05, 4.69) is 105 Å². The van der Waals surface area contributed by atoms with Gasteiger partial charge in [-0.2, -0.15) is 0 Å². The molecule has 0 N–H and O–H groups in total. The Labute approximate surface area is 211 Å². The van der Waals surface area contributed by atoms with Crippen molar-refractivity contribution in [1.29, 1.82) is 0 Å². The van der Waals surface area contributed by atoms with E-state index in [1.54, 1.807) is 0 Å². The number of para-hydroxylation sites is 3. The van der Waals surface area contributed by atoms with Crippen LogP contribution in [0.1, 0.15) is 61.9 Å². The Balaban J connectivity index is 1.71. The molecule has 6 aromatic rings. The molecule has 0 aliphatic rings. The number of hydrogen-bond acceptors (Lipinski definition) is 3. The summed E-state index contributed by atoms with van der Waals surface area (Å²) in [6, 6.07) is 23.6. The maximum absolute atomic E-state index is 6.25. The van der Waals surface area contributed by atoms with Crippen molar-refractivity contribution in [2.24, 2.45) is 0 Å². The van der Waals surface area contributed by atoms with Gasteiger partial charge >= 0.3 is 0 Å². The van der Waals surface area contributed by atoms with Crippen LogP contribution in [0.2, 0.25) is 0 Å². The van der Waals surface area contributed by atoms with E-state index in [1.165, 1.54) is 16.8 Å². The molecular formula is C32H31N3O. The molecule has 4 nitrogen and oxygen atoms in total. The summed E-state index contributed by atoms with van der Waals surface area (Å²) in [5.41, 5.74) is 10.7. The van der Waals surface area contributed by atoms with Gasteiger partial charge < -0.3 is 4.42 Å². The van der Waals surface area contributed by atoms with Gasteiger partial charge in [0.15, 0.2) is 0 Å². The van der Waals surface area contributed by atoms with Crippen LogP contribution in [-0.2, 0) is 0 Å². The molecule has 0 fully saturated rings. The van der Waals surface area contributed by atoms with Crippen LogP contribution in [-0.4, -0.2) is 14.5 Å². The summed E-state index contributed by atoms with van der Waals surface area (Å²) in [5, 5.41) is 2.14. The zero-order valence-corrected chi connectivity index (χ0v) is 21.8. The Morgan fingerprint density at radius 1 is 0.750 bits per heavy atom. The van der Waals surface area contributed by atoms with E-state index in [9.17, 15) is 0 Å². The van der Waals surface area contributed by atoms with Crippen LogP contribution >= 0.6 is 0 Å². The summed E-state index contributed by atoms with van der Waals surface area (Å²) in [6.45, 7) is 13.2. The lowest BCUT2D eigenvalue weighted by atomic mass is 9.92. The Morgan fingerprint density at radius 2 is 1.47 bits per heavy atom. The van der Waals surface area contributed by atoms with E-state index in [1.807, 2.05) is 13.0 Å². The fraction of sp³-hybridized carbons (Fsp3) is 0.250. The largest absolute Gasteiger partial charge is 0.438 e. The predicted octanol–water partition coefficient (Wildman–Crippen LogP) is 8.85. The monoisotopic (exact) mass is 473 g/mol. The zero-order valence-electron chi connectivity index (χ0n) is 21.8. The second-order valence-corrected chi connectivity index (χ2v) is 10.4. The van der Waals surface area contributed by atoms with Crippen molar-refractivity contribution < 1.29 is 4.42 Å². The third-order valence-electron chi connectivity index (χ3n) is 7.19. The molecule has 3 aromatic carbocycles. The van der Waals surface area contributed by atoms with E-state index in [0.29, 0.717) is 17.5 Å². The van der Waals surface area contributed by atoms with Gasteiger partial charge in [0.25, 0.3) is 0 Å².